The highest BCUT2D eigenvalue weighted by atomic mass is 16.6. The number of esters is 2. The van der Waals surface area contributed by atoms with Crippen LogP contribution in [0.1, 0.15) is 97.3 Å². The number of hydrogen-bond donors (Lipinski definition) is 1. The fourth-order valence-corrected chi connectivity index (χ4v) is 4.36. The quantitative estimate of drug-likeness (QED) is 0.0368. The van der Waals surface area contributed by atoms with E-state index in [1.165, 1.54) is 0 Å². The summed E-state index contributed by atoms with van der Waals surface area (Å²) < 4.78 is 16.9. The molecule has 270 valence electrons. The van der Waals surface area contributed by atoms with Crippen LogP contribution in [0.15, 0.2) is 85.1 Å². The van der Waals surface area contributed by atoms with Gasteiger partial charge >= 0.3 is 17.9 Å². The number of unbranched alkanes of at least 4 members (excludes halogenated alkanes) is 1. The number of likely N-dealkylation sites (N-methyl/N-ethyl adjacent to an activating group) is 1. The van der Waals surface area contributed by atoms with Crippen LogP contribution in [-0.2, 0) is 28.6 Å². The van der Waals surface area contributed by atoms with E-state index in [9.17, 15) is 19.5 Å². The Balaban J connectivity index is 4.53. The number of carboxylic acid groups (broad SMARTS) is 1. The van der Waals surface area contributed by atoms with Crippen LogP contribution >= 0.6 is 0 Å². The van der Waals surface area contributed by atoms with E-state index in [2.05, 4.69) is 86.8 Å². The van der Waals surface area contributed by atoms with Crippen LogP contribution in [0.5, 0.6) is 0 Å². The molecule has 0 aliphatic carbocycles. The zero-order valence-corrected chi connectivity index (χ0v) is 30.4. The minimum absolute atomic E-state index is 0.0141. The molecule has 0 saturated carbocycles. The Morgan fingerprint density at radius 1 is 0.625 bits per heavy atom. The molecular weight excluding hydrogens is 606 g/mol. The van der Waals surface area contributed by atoms with Crippen molar-refractivity contribution in [1.82, 2.24) is 0 Å². The summed E-state index contributed by atoms with van der Waals surface area (Å²) in [5.74, 6) is -1.66. The molecular formula is C40H64NO7+. The van der Waals surface area contributed by atoms with Crippen molar-refractivity contribution in [2.45, 2.75) is 109 Å². The number of quaternary nitrogens is 1. The van der Waals surface area contributed by atoms with Gasteiger partial charge in [-0.05, 0) is 64.2 Å². The molecule has 0 aliphatic heterocycles. The smallest absolute Gasteiger partial charge is 0.362 e. The molecule has 0 aromatic rings. The molecule has 8 heteroatoms. The first kappa shape index (κ1) is 44.5. The number of allylic oxidation sites excluding steroid dienone is 14. The summed E-state index contributed by atoms with van der Waals surface area (Å²) in [4.78, 5) is 36.5. The first-order valence-electron chi connectivity index (χ1n) is 17.6. The van der Waals surface area contributed by atoms with Crippen molar-refractivity contribution < 1.29 is 38.2 Å². The van der Waals surface area contributed by atoms with Gasteiger partial charge in [0.15, 0.2) is 12.1 Å². The highest BCUT2D eigenvalue weighted by molar-refractivity contribution is 5.72. The van der Waals surface area contributed by atoms with Crippen molar-refractivity contribution in [1.29, 1.82) is 0 Å². The van der Waals surface area contributed by atoms with Gasteiger partial charge in [-0.3, -0.25) is 9.59 Å². The van der Waals surface area contributed by atoms with Crippen molar-refractivity contribution in [2.24, 2.45) is 0 Å². The average molecular weight is 671 g/mol. The molecule has 48 heavy (non-hydrogen) atoms. The standard InChI is InChI=1S/C40H63NO7/c1-6-8-10-12-14-15-16-17-18-19-20-21-22-23-25-26-28-30-38(42)47-35-36(34-46-33-32-37(40(44)45)41(3,4)5)48-39(43)31-29-27-24-13-11-9-7-2/h8-11,14-15,17-18,20-21,23-25,27,36-37H,6-7,12-13,16,19,22,26,28-35H2,1-5H3/p+1/b10-8+,11-9+,15-14+,18-17+,21-20+,25-23+,27-24+. The zero-order chi connectivity index (χ0) is 35.7. The third kappa shape index (κ3) is 28.7. The second-order valence-electron chi connectivity index (χ2n) is 12.4. The van der Waals surface area contributed by atoms with Crippen LogP contribution in [0.2, 0.25) is 0 Å². The number of aliphatic carboxylic acids is 1. The molecule has 0 saturated heterocycles. The molecule has 0 aromatic heterocycles. The minimum Gasteiger partial charge on any atom is -0.477 e. The molecule has 1 N–H and O–H groups in total. The Morgan fingerprint density at radius 2 is 1.10 bits per heavy atom. The van der Waals surface area contributed by atoms with E-state index in [0.717, 1.165) is 51.4 Å². The lowest BCUT2D eigenvalue weighted by atomic mass is 10.1. The van der Waals surface area contributed by atoms with Gasteiger partial charge in [0.2, 0.25) is 0 Å². The van der Waals surface area contributed by atoms with E-state index in [0.29, 0.717) is 19.3 Å². The molecule has 0 spiro atoms. The predicted octanol–water partition coefficient (Wildman–Crippen LogP) is 8.62. The van der Waals surface area contributed by atoms with Crippen LogP contribution in [0, 0.1) is 0 Å². The SMILES string of the molecule is CC/C=C/C/C=C/C/C=C/C/C=C/C/C=C/CCCC(=O)OCC(COCCC(C(=O)O)[N+](C)(C)C)OC(=O)CC/C=C/C/C=C/CC. The molecule has 0 heterocycles. The van der Waals surface area contributed by atoms with Crippen molar-refractivity contribution in [3.63, 3.8) is 0 Å². The Kier molecular flexibility index (Phi) is 28.6. The fraction of sp³-hybridized carbons (Fsp3) is 0.575. The molecule has 0 amide bonds. The number of carboxylic acids is 1. The second-order valence-corrected chi connectivity index (χ2v) is 12.4. The van der Waals surface area contributed by atoms with Crippen LogP contribution in [0.3, 0.4) is 0 Å². The van der Waals surface area contributed by atoms with E-state index < -0.39 is 24.1 Å². The van der Waals surface area contributed by atoms with Crippen LogP contribution in [0.4, 0.5) is 0 Å². The monoisotopic (exact) mass is 670 g/mol. The number of carbonyl (C=O) groups is 3. The first-order valence-corrected chi connectivity index (χ1v) is 17.6. The van der Waals surface area contributed by atoms with Crippen molar-refractivity contribution in [2.75, 3.05) is 41.0 Å². The topological polar surface area (TPSA) is 99.1 Å². The van der Waals surface area contributed by atoms with Crippen molar-refractivity contribution in [3.8, 4) is 0 Å². The fourth-order valence-electron chi connectivity index (χ4n) is 4.36. The molecule has 8 nitrogen and oxygen atoms in total. The van der Waals surface area contributed by atoms with E-state index in [-0.39, 0.29) is 43.1 Å². The average Bonchev–Trinajstić information content (AvgIpc) is 3.03. The van der Waals surface area contributed by atoms with Gasteiger partial charge in [0.05, 0.1) is 34.4 Å². The van der Waals surface area contributed by atoms with Gasteiger partial charge in [-0.1, -0.05) is 98.9 Å². The van der Waals surface area contributed by atoms with Crippen molar-refractivity contribution in [3.05, 3.63) is 85.1 Å². The Morgan fingerprint density at radius 3 is 1.58 bits per heavy atom. The lowest BCUT2D eigenvalue weighted by Crippen LogP contribution is -2.50. The maximum Gasteiger partial charge on any atom is 0.362 e. The van der Waals surface area contributed by atoms with Gasteiger partial charge in [-0.25, -0.2) is 4.79 Å². The summed E-state index contributed by atoms with van der Waals surface area (Å²) in [6.45, 7) is 4.30. The molecule has 0 aromatic carbocycles. The third-order valence-corrected chi connectivity index (χ3v) is 7.05. The lowest BCUT2D eigenvalue weighted by molar-refractivity contribution is -0.887. The molecule has 0 aliphatic rings. The molecule has 0 rings (SSSR count). The Labute approximate surface area is 291 Å². The van der Waals surface area contributed by atoms with E-state index in [1.54, 1.807) is 0 Å². The Hall–Kier alpha value is -3.49. The van der Waals surface area contributed by atoms with Gasteiger partial charge in [-0.2, -0.15) is 0 Å². The molecule has 0 fully saturated rings. The number of hydrogen-bond acceptors (Lipinski definition) is 6. The maximum atomic E-state index is 12.5. The zero-order valence-electron chi connectivity index (χ0n) is 30.4. The van der Waals surface area contributed by atoms with E-state index >= 15 is 0 Å². The van der Waals surface area contributed by atoms with Crippen LogP contribution < -0.4 is 0 Å². The maximum absolute atomic E-state index is 12.5. The highest BCUT2D eigenvalue weighted by Gasteiger charge is 2.31. The van der Waals surface area contributed by atoms with Gasteiger partial charge < -0.3 is 23.8 Å². The largest absolute Gasteiger partial charge is 0.477 e. The Bertz CT molecular complexity index is 1060. The molecule has 2 unspecified atom stereocenters. The summed E-state index contributed by atoms with van der Waals surface area (Å²) in [6.07, 6.45) is 38.2. The van der Waals surface area contributed by atoms with Gasteiger partial charge in [0, 0.05) is 19.3 Å². The lowest BCUT2D eigenvalue weighted by Gasteiger charge is -2.31. The van der Waals surface area contributed by atoms with Gasteiger partial charge in [0.1, 0.15) is 6.61 Å². The van der Waals surface area contributed by atoms with Gasteiger partial charge in [0.25, 0.3) is 0 Å². The van der Waals surface area contributed by atoms with Crippen molar-refractivity contribution >= 4 is 17.9 Å². The normalized spacial score (nSPS) is 14.1. The molecule has 0 bridgehead atoms. The summed E-state index contributed by atoms with van der Waals surface area (Å²) in [6, 6.07) is -0.634. The molecule has 2 atom stereocenters. The van der Waals surface area contributed by atoms with Gasteiger partial charge in [-0.15, -0.1) is 0 Å². The van der Waals surface area contributed by atoms with Crippen LogP contribution in [-0.4, -0.2) is 80.6 Å². The number of carbonyl (C=O) groups excluding carboxylic acids is 2. The summed E-state index contributed by atoms with van der Waals surface area (Å²) in [5.41, 5.74) is 0. The first-order chi connectivity index (χ1) is 23.1. The van der Waals surface area contributed by atoms with E-state index in [1.807, 2.05) is 33.3 Å². The second kappa shape index (κ2) is 30.8. The minimum atomic E-state index is -0.897. The van der Waals surface area contributed by atoms with E-state index in [4.69, 9.17) is 14.2 Å². The summed E-state index contributed by atoms with van der Waals surface area (Å²) in [7, 11) is 5.46. The number of nitrogens with zero attached hydrogens (tertiary/aromatic N) is 1. The highest BCUT2D eigenvalue weighted by Crippen LogP contribution is 2.10. The predicted molar refractivity (Wildman–Crippen MR) is 196 cm³/mol. The molecule has 0 radical (unpaired) electrons. The summed E-state index contributed by atoms with van der Waals surface area (Å²) in [5, 5.41) is 9.54. The van der Waals surface area contributed by atoms with Crippen LogP contribution in [0.25, 0.3) is 0 Å². The summed E-state index contributed by atoms with van der Waals surface area (Å²) >= 11 is 0. The number of rotatable bonds is 29. The third-order valence-electron chi connectivity index (χ3n) is 7.05. The number of ether oxygens (including phenoxy) is 3.